The highest BCUT2D eigenvalue weighted by Gasteiger charge is 2.17. The van der Waals surface area contributed by atoms with Gasteiger partial charge in [0, 0.05) is 5.69 Å². The van der Waals surface area contributed by atoms with Crippen LogP contribution in [0.25, 0.3) is 16.9 Å². The van der Waals surface area contributed by atoms with Gasteiger partial charge in [0.1, 0.15) is 11.3 Å². The maximum Gasteiger partial charge on any atom is 0.332 e. The zero-order valence-electron chi connectivity index (χ0n) is 15.0. The number of fused-ring (bicyclic) bond motifs is 1. The van der Waals surface area contributed by atoms with Crippen LogP contribution in [0.5, 0.6) is 5.75 Å². The van der Waals surface area contributed by atoms with Crippen molar-refractivity contribution in [3.05, 3.63) is 64.6 Å². The molecule has 0 fully saturated rings. The van der Waals surface area contributed by atoms with Crippen molar-refractivity contribution < 1.29 is 9.84 Å². The number of benzene rings is 2. The third kappa shape index (κ3) is 3.03. The number of H-pyrrole nitrogens is 1. The first-order valence-corrected chi connectivity index (χ1v) is 8.49. The van der Waals surface area contributed by atoms with E-state index in [1.807, 2.05) is 12.1 Å². The molecule has 2 aromatic heterocycles. The molecule has 0 saturated carbocycles. The van der Waals surface area contributed by atoms with Gasteiger partial charge >= 0.3 is 5.69 Å². The van der Waals surface area contributed by atoms with Crippen LogP contribution in [0.4, 0.5) is 17.5 Å². The number of rotatable bonds is 5. The average molecular weight is 378 g/mol. The quantitative estimate of drug-likeness (QED) is 0.417. The molecular weight excluding hydrogens is 360 g/mol. The molecule has 0 unspecified atom stereocenters. The summed E-state index contributed by atoms with van der Waals surface area (Å²) in [7, 11) is 1.53. The van der Waals surface area contributed by atoms with Gasteiger partial charge in [0.15, 0.2) is 11.5 Å². The summed E-state index contributed by atoms with van der Waals surface area (Å²) in [6.45, 7) is -0.0806. The number of methoxy groups -OCH3 is 1. The van der Waals surface area contributed by atoms with Crippen molar-refractivity contribution in [1.29, 1.82) is 0 Å². The zero-order chi connectivity index (χ0) is 19.7. The largest absolute Gasteiger partial charge is 0.495 e. The maximum absolute atomic E-state index is 12.6. The Balaban J connectivity index is 1.86. The standard InChI is InChI=1S/C19H18N6O3/c1-28-14-8-3-2-7-13(14)25-17-15(22-19(25)27)16(20)23-18(24-17)21-12-6-4-5-11(9-12)10-26/h2-9,26H,10H2,1H3,(H,22,27)(H3,20,21,23,24). The summed E-state index contributed by atoms with van der Waals surface area (Å²) < 4.78 is 6.76. The monoisotopic (exact) mass is 378 g/mol. The lowest BCUT2D eigenvalue weighted by Crippen LogP contribution is -2.15. The number of hydrogen-bond donors (Lipinski definition) is 4. The molecule has 2 heterocycles. The molecule has 5 N–H and O–H groups in total. The second kappa shape index (κ2) is 7.05. The second-order valence-corrected chi connectivity index (χ2v) is 6.05. The summed E-state index contributed by atoms with van der Waals surface area (Å²) >= 11 is 0. The Morgan fingerprint density at radius 3 is 2.82 bits per heavy atom. The lowest BCUT2D eigenvalue weighted by molar-refractivity contribution is 0.282. The van der Waals surface area contributed by atoms with E-state index in [4.69, 9.17) is 10.5 Å². The van der Waals surface area contributed by atoms with Gasteiger partial charge < -0.3 is 25.9 Å². The molecule has 4 rings (SSSR count). The van der Waals surface area contributed by atoms with Crippen molar-refractivity contribution >= 4 is 28.6 Å². The Bertz CT molecular complexity index is 1210. The minimum Gasteiger partial charge on any atom is -0.495 e. The van der Waals surface area contributed by atoms with Crippen molar-refractivity contribution in [2.45, 2.75) is 6.61 Å². The van der Waals surface area contributed by atoms with Gasteiger partial charge in [-0.15, -0.1) is 0 Å². The van der Waals surface area contributed by atoms with Crippen LogP contribution in [-0.2, 0) is 6.61 Å². The van der Waals surface area contributed by atoms with Crippen molar-refractivity contribution in [3.8, 4) is 11.4 Å². The fourth-order valence-corrected chi connectivity index (χ4v) is 2.98. The van der Waals surface area contributed by atoms with Crippen molar-refractivity contribution in [2.75, 3.05) is 18.2 Å². The van der Waals surface area contributed by atoms with Crippen LogP contribution in [0.2, 0.25) is 0 Å². The SMILES string of the molecule is COc1ccccc1-n1c(=O)[nH]c2c(N)nc(Nc3cccc(CO)c3)nc21. The molecular formula is C19H18N6O3. The number of hydrogen-bond acceptors (Lipinski definition) is 7. The second-order valence-electron chi connectivity index (χ2n) is 6.05. The van der Waals surface area contributed by atoms with Gasteiger partial charge in [0.2, 0.25) is 5.95 Å². The Kier molecular flexibility index (Phi) is 4.42. The number of nitrogen functional groups attached to an aromatic ring is 1. The van der Waals surface area contributed by atoms with Gasteiger partial charge in [-0.3, -0.25) is 0 Å². The van der Waals surface area contributed by atoms with Gasteiger partial charge in [0.25, 0.3) is 0 Å². The highest BCUT2D eigenvalue weighted by Crippen LogP contribution is 2.26. The van der Waals surface area contributed by atoms with Crippen LogP contribution in [-0.4, -0.2) is 31.7 Å². The Labute approximate surface area is 159 Å². The number of aromatic amines is 1. The number of nitrogens with zero attached hydrogens (tertiary/aromatic N) is 3. The summed E-state index contributed by atoms with van der Waals surface area (Å²) in [5, 5.41) is 12.3. The van der Waals surface area contributed by atoms with E-state index >= 15 is 0 Å². The van der Waals surface area contributed by atoms with Crippen LogP contribution in [0, 0.1) is 0 Å². The summed E-state index contributed by atoms with van der Waals surface area (Å²) in [6, 6.07) is 14.3. The molecule has 0 aliphatic rings. The molecule has 142 valence electrons. The topological polar surface area (TPSA) is 131 Å². The zero-order valence-corrected chi connectivity index (χ0v) is 15.0. The summed E-state index contributed by atoms with van der Waals surface area (Å²) in [6.07, 6.45) is 0. The molecule has 0 atom stereocenters. The third-order valence-corrected chi connectivity index (χ3v) is 4.26. The number of nitrogens with one attached hydrogen (secondary N) is 2. The van der Waals surface area contributed by atoms with Crippen LogP contribution in [0.15, 0.2) is 53.3 Å². The Hall–Kier alpha value is -3.85. The lowest BCUT2D eigenvalue weighted by atomic mass is 10.2. The van der Waals surface area contributed by atoms with E-state index in [0.717, 1.165) is 5.56 Å². The summed E-state index contributed by atoms with van der Waals surface area (Å²) in [4.78, 5) is 24.0. The van der Waals surface area contributed by atoms with E-state index in [9.17, 15) is 9.90 Å². The van der Waals surface area contributed by atoms with E-state index in [0.29, 0.717) is 28.3 Å². The van der Waals surface area contributed by atoms with E-state index < -0.39 is 5.69 Å². The molecule has 0 radical (unpaired) electrons. The van der Waals surface area contributed by atoms with Crippen LogP contribution in [0.3, 0.4) is 0 Å². The molecule has 28 heavy (non-hydrogen) atoms. The fourth-order valence-electron chi connectivity index (χ4n) is 2.98. The minimum atomic E-state index is -0.403. The smallest absolute Gasteiger partial charge is 0.332 e. The molecule has 0 saturated heterocycles. The van der Waals surface area contributed by atoms with Crippen molar-refractivity contribution in [3.63, 3.8) is 0 Å². The molecule has 9 nitrogen and oxygen atoms in total. The first kappa shape index (κ1) is 17.6. The maximum atomic E-state index is 12.6. The highest BCUT2D eigenvalue weighted by molar-refractivity contribution is 5.85. The molecule has 0 aliphatic carbocycles. The van der Waals surface area contributed by atoms with E-state index in [2.05, 4.69) is 20.3 Å². The first-order valence-electron chi connectivity index (χ1n) is 8.49. The van der Waals surface area contributed by atoms with Gasteiger partial charge in [-0.25, -0.2) is 9.36 Å². The predicted molar refractivity (Wildman–Crippen MR) is 106 cm³/mol. The van der Waals surface area contributed by atoms with Gasteiger partial charge in [-0.05, 0) is 29.8 Å². The van der Waals surface area contributed by atoms with Gasteiger partial charge in [0.05, 0.1) is 19.4 Å². The van der Waals surface area contributed by atoms with E-state index in [1.54, 1.807) is 36.4 Å². The van der Waals surface area contributed by atoms with Crippen molar-refractivity contribution in [1.82, 2.24) is 19.5 Å². The Morgan fingerprint density at radius 1 is 1.21 bits per heavy atom. The van der Waals surface area contributed by atoms with Gasteiger partial charge in [-0.2, -0.15) is 9.97 Å². The molecule has 0 aliphatic heterocycles. The molecule has 9 heteroatoms. The minimum absolute atomic E-state index is 0.0806. The van der Waals surface area contributed by atoms with Gasteiger partial charge in [-0.1, -0.05) is 24.3 Å². The number of nitrogens with two attached hydrogens (primary N) is 1. The molecule has 0 amide bonds. The van der Waals surface area contributed by atoms with Crippen LogP contribution < -0.4 is 21.5 Å². The Morgan fingerprint density at radius 2 is 2.04 bits per heavy atom. The number of ether oxygens (including phenoxy) is 1. The number of para-hydroxylation sites is 2. The van der Waals surface area contributed by atoms with E-state index in [-0.39, 0.29) is 18.4 Å². The highest BCUT2D eigenvalue weighted by atomic mass is 16.5. The average Bonchev–Trinajstić information content (AvgIpc) is 3.04. The first-order chi connectivity index (χ1) is 13.6. The molecule has 0 spiro atoms. The fraction of sp³-hybridized carbons (Fsp3) is 0.105. The van der Waals surface area contributed by atoms with Crippen LogP contribution in [0.1, 0.15) is 5.56 Å². The molecule has 4 aromatic rings. The number of imidazole rings is 1. The van der Waals surface area contributed by atoms with E-state index in [1.165, 1.54) is 11.7 Å². The number of aliphatic hydroxyl groups excluding tert-OH is 1. The summed E-state index contributed by atoms with van der Waals surface area (Å²) in [5.74, 6) is 0.882. The number of aliphatic hydroxyl groups is 1. The normalized spacial score (nSPS) is 10.9. The molecule has 2 aromatic carbocycles. The number of aromatic nitrogens is 4. The lowest BCUT2D eigenvalue weighted by Gasteiger charge is -2.10. The van der Waals surface area contributed by atoms with Crippen molar-refractivity contribution in [2.24, 2.45) is 0 Å². The number of anilines is 3. The predicted octanol–water partition coefficient (Wildman–Crippen LogP) is 1.94. The third-order valence-electron chi connectivity index (χ3n) is 4.26. The molecule has 0 bridgehead atoms. The van der Waals surface area contributed by atoms with Crippen LogP contribution >= 0.6 is 0 Å². The summed E-state index contributed by atoms with van der Waals surface area (Å²) in [5.41, 5.74) is 8.27.